The Kier molecular flexibility index (Phi) is 5.08. The first-order chi connectivity index (χ1) is 8.38. The minimum atomic E-state index is -4.12. The van der Waals surface area contributed by atoms with Gasteiger partial charge in [0.15, 0.2) is 0 Å². The zero-order chi connectivity index (χ0) is 13.6. The summed E-state index contributed by atoms with van der Waals surface area (Å²) in [7, 11) is 0. The molecule has 0 aliphatic carbocycles. The van der Waals surface area contributed by atoms with Crippen LogP contribution in [0.1, 0.15) is 18.4 Å². The molecule has 100 valence electrons. The van der Waals surface area contributed by atoms with Crippen LogP contribution in [0.3, 0.4) is 0 Å². The second-order valence-corrected chi connectivity index (χ2v) is 3.82. The van der Waals surface area contributed by atoms with E-state index < -0.39 is 17.5 Å². The molecule has 1 aromatic carbocycles. The van der Waals surface area contributed by atoms with Crippen LogP contribution in [0.15, 0.2) is 24.3 Å². The van der Waals surface area contributed by atoms with Gasteiger partial charge in [0.1, 0.15) is 0 Å². The number of nitro groups is 1. The number of hydrogen-bond acceptors (Lipinski definition) is 3. The molecule has 0 fully saturated rings. The Labute approximate surface area is 102 Å². The van der Waals surface area contributed by atoms with Crippen LogP contribution < -0.4 is 5.32 Å². The standard InChI is InChI=1S/C11H13F3N2O2/c12-11(13,14)6-1-7-15-8-9-2-4-10(5-3-9)16(17)18/h2-5,15H,1,6-8H2. The fraction of sp³-hybridized carbons (Fsp3) is 0.455. The largest absolute Gasteiger partial charge is 0.389 e. The third-order valence-corrected chi connectivity index (χ3v) is 2.29. The molecule has 0 heterocycles. The van der Waals surface area contributed by atoms with Crippen molar-refractivity contribution in [2.45, 2.75) is 25.6 Å². The molecular formula is C11H13F3N2O2. The summed E-state index contributed by atoms with van der Waals surface area (Å²) >= 11 is 0. The van der Waals surface area contributed by atoms with E-state index in [4.69, 9.17) is 0 Å². The highest BCUT2D eigenvalue weighted by Crippen LogP contribution is 2.20. The van der Waals surface area contributed by atoms with Gasteiger partial charge in [-0.25, -0.2) is 0 Å². The van der Waals surface area contributed by atoms with E-state index in [1.165, 1.54) is 12.1 Å². The molecule has 0 atom stereocenters. The van der Waals surface area contributed by atoms with Gasteiger partial charge in [0, 0.05) is 25.1 Å². The number of nitrogens with zero attached hydrogens (tertiary/aromatic N) is 1. The monoisotopic (exact) mass is 262 g/mol. The molecule has 0 spiro atoms. The van der Waals surface area contributed by atoms with Gasteiger partial charge < -0.3 is 5.32 Å². The molecule has 4 nitrogen and oxygen atoms in total. The summed E-state index contributed by atoms with van der Waals surface area (Å²) in [5.41, 5.74) is 0.795. The average molecular weight is 262 g/mol. The molecule has 1 N–H and O–H groups in total. The molecule has 18 heavy (non-hydrogen) atoms. The molecule has 0 aromatic heterocycles. The Bertz CT molecular complexity index is 390. The molecule has 0 saturated heterocycles. The van der Waals surface area contributed by atoms with Crippen LogP contribution in [0.5, 0.6) is 0 Å². The Morgan fingerprint density at radius 3 is 2.33 bits per heavy atom. The van der Waals surface area contributed by atoms with E-state index in [1.54, 1.807) is 12.1 Å². The molecule has 0 bridgehead atoms. The summed E-state index contributed by atoms with van der Waals surface area (Å²) in [6.07, 6.45) is -4.90. The Balaban J connectivity index is 2.25. The fourth-order valence-electron chi connectivity index (χ4n) is 1.38. The number of alkyl halides is 3. The third kappa shape index (κ3) is 5.62. The lowest BCUT2D eigenvalue weighted by atomic mass is 10.2. The topological polar surface area (TPSA) is 55.2 Å². The van der Waals surface area contributed by atoms with Gasteiger partial charge in [0.2, 0.25) is 0 Å². The van der Waals surface area contributed by atoms with E-state index in [9.17, 15) is 23.3 Å². The number of benzene rings is 1. The van der Waals surface area contributed by atoms with Crippen molar-refractivity contribution in [3.05, 3.63) is 39.9 Å². The lowest BCUT2D eigenvalue weighted by Crippen LogP contribution is -2.17. The van der Waals surface area contributed by atoms with Gasteiger partial charge in [-0.2, -0.15) is 13.2 Å². The molecule has 0 amide bonds. The van der Waals surface area contributed by atoms with Gasteiger partial charge in [-0.1, -0.05) is 12.1 Å². The highest BCUT2D eigenvalue weighted by Gasteiger charge is 2.25. The zero-order valence-electron chi connectivity index (χ0n) is 9.54. The highest BCUT2D eigenvalue weighted by atomic mass is 19.4. The van der Waals surface area contributed by atoms with Crippen LogP contribution in [-0.4, -0.2) is 17.6 Å². The van der Waals surface area contributed by atoms with Gasteiger partial charge in [-0.05, 0) is 18.5 Å². The molecule has 0 saturated carbocycles. The highest BCUT2D eigenvalue weighted by molar-refractivity contribution is 5.32. The maximum absolute atomic E-state index is 11.8. The van der Waals surface area contributed by atoms with E-state index in [0.29, 0.717) is 6.54 Å². The molecule has 1 aromatic rings. The summed E-state index contributed by atoms with van der Waals surface area (Å²) in [5.74, 6) is 0. The molecule has 0 aliphatic heterocycles. The molecule has 0 aliphatic rings. The quantitative estimate of drug-likeness (QED) is 0.487. The SMILES string of the molecule is O=[N+]([O-])c1ccc(CNCCCC(F)(F)F)cc1. The number of nitro benzene ring substituents is 1. The first-order valence-electron chi connectivity index (χ1n) is 5.39. The zero-order valence-corrected chi connectivity index (χ0v) is 9.54. The number of nitrogens with one attached hydrogen (secondary N) is 1. The lowest BCUT2D eigenvalue weighted by molar-refractivity contribution is -0.384. The van der Waals surface area contributed by atoms with Gasteiger partial charge in [0.05, 0.1) is 4.92 Å². The van der Waals surface area contributed by atoms with Crippen molar-refractivity contribution in [2.24, 2.45) is 0 Å². The summed E-state index contributed by atoms with van der Waals surface area (Å²) in [6, 6.07) is 5.89. The van der Waals surface area contributed by atoms with Crippen LogP contribution in [0.25, 0.3) is 0 Å². The maximum atomic E-state index is 11.8. The van der Waals surface area contributed by atoms with Crippen LogP contribution in [-0.2, 0) is 6.54 Å². The summed E-state index contributed by atoms with van der Waals surface area (Å²) < 4.78 is 35.5. The van der Waals surface area contributed by atoms with Crippen LogP contribution in [0, 0.1) is 10.1 Å². The number of non-ortho nitro benzene ring substituents is 1. The summed E-state index contributed by atoms with van der Waals surface area (Å²) in [4.78, 5) is 9.89. The predicted molar refractivity (Wildman–Crippen MR) is 60.1 cm³/mol. The van der Waals surface area contributed by atoms with Crippen molar-refractivity contribution in [3.8, 4) is 0 Å². The normalized spacial score (nSPS) is 11.5. The van der Waals surface area contributed by atoms with Crippen LogP contribution >= 0.6 is 0 Å². The fourth-order valence-corrected chi connectivity index (χ4v) is 1.38. The summed E-state index contributed by atoms with van der Waals surface area (Å²) in [5, 5.41) is 13.2. The van der Waals surface area contributed by atoms with Gasteiger partial charge >= 0.3 is 6.18 Å². The molecule has 0 unspecified atom stereocenters. The number of hydrogen-bond donors (Lipinski definition) is 1. The van der Waals surface area contributed by atoms with E-state index in [0.717, 1.165) is 5.56 Å². The Morgan fingerprint density at radius 2 is 1.83 bits per heavy atom. The van der Waals surface area contributed by atoms with Gasteiger partial charge in [0.25, 0.3) is 5.69 Å². The van der Waals surface area contributed by atoms with Crippen molar-refractivity contribution >= 4 is 5.69 Å². The van der Waals surface area contributed by atoms with Crippen molar-refractivity contribution in [2.75, 3.05) is 6.54 Å². The van der Waals surface area contributed by atoms with E-state index in [-0.39, 0.29) is 18.7 Å². The van der Waals surface area contributed by atoms with Crippen molar-refractivity contribution < 1.29 is 18.1 Å². The second kappa shape index (κ2) is 6.34. The average Bonchev–Trinajstić information content (AvgIpc) is 2.27. The Morgan fingerprint density at radius 1 is 1.22 bits per heavy atom. The maximum Gasteiger partial charge on any atom is 0.389 e. The van der Waals surface area contributed by atoms with Crippen molar-refractivity contribution in [1.29, 1.82) is 0 Å². The second-order valence-electron chi connectivity index (χ2n) is 3.82. The van der Waals surface area contributed by atoms with Crippen molar-refractivity contribution in [3.63, 3.8) is 0 Å². The Hall–Kier alpha value is -1.63. The third-order valence-electron chi connectivity index (χ3n) is 2.29. The minimum Gasteiger partial charge on any atom is -0.313 e. The van der Waals surface area contributed by atoms with E-state index in [1.807, 2.05) is 0 Å². The van der Waals surface area contributed by atoms with Crippen LogP contribution in [0.4, 0.5) is 18.9 Å². The first kappa shape index (κ1) is 14.4. The molecular weight excluding hydrogens is 249 g/mol. The van der Waals surface area contributed by atoms with Crippen molar-refractivity contribution in [1.82, 2.24) is 5.32 Å². The number of halogens is 3. The first-order valence-corrected chi connectivity index (χ1v) is 5.39. The van der Waals surface area contributed by atoms with Crippen LogP contribution in [0.2, 0.25) is 0 Å². The van der Waals surface area contributed by atoms with E-state index in [2.05, 4.69) is 5.32 Å². The summed E-state index contributed by atoms with van der Waals surface area (Å²) in [6.45, 7) is 0.659. The molecule has 7 heteroatoms. The van der Waals surface area contributed by atoms with E-state index >= 15 is 0 Å². The van der Waals surface area contributed by atoms with Gasteiger partial charge in [-0.3, -0.25) is 10.1 Å². The number of rotatable bonds is 6. The van der Waals surface area contributed by atoms with Gasteiger partial charge in [-0.15, -0.1) is 0 Å². The molecule has 1 rings (SSSR count). The minimum absolute atomic E-state index is 0.00387. The smallest absolute Gasteiger partial charge is 0.313 e. The molecule has 0 radical (unpaired) electrons. The predicted octanol–water partition coefficient (Wildman–Crippen LogP) is 3.03. The lowest BCUT2D eigenvalue weighted by Gasteiger charge is -2.07.